The van der Waals surface area contributed by atoms with Gasteiger partial charge in [-0.1, -0.05) is 43.3 Å². The van der Waals surface area contributed by atoms with Crippen molar-refractivity contribution in [3.8, 4) is 0 Å². The van der Waals surface area contributed by atoms with Gasteiger partial charge < -0.3 is 9.80 Å². The van der Waals surface area contributed by atoms with Crippen LogP contribution in [0.15, 0.2) is 72.9 Å². The second-order valence-corrected chi connectivity index (χ2v) is 8.22. The third-order valence-electron chi connectivity index (χ3n) is 6.00. The molecule has 2 amide bonds. The lowest BCUT2D eigenvalue weighted by Gasteiger charge is -2.43. The van der Waals surface area contributed by atoms with Gasteiger partial charge in [0, 0.05) is 30.0 Å². The average Bonchev–Trinajstić information content (AvgIpc) is 2.84. The number of benzene rings is 2. The lowest BCUT2D eigenvalue weighted by atomic mass is 9.89. The van der Waals surface area contributed by atoms with Crippen molar-refractivity contribution >= 4 is 23.2 Å². The molecule has 1 aliphatic rings. The number of carbonyl (C=O) groups is 2. The van der Waals surface area contributed by atoms with Crippen LogP contribution in [0.1, 0.15) is 54.3 Å². The zero-order chi connectivity index (χ0) is 24.5. The van der Waals surface area contributed by atoms with E-state index in [-0.39, 0.29) is 23.6 Å². The molecule has 0 spiro atoms. The van der Waals surface area contributed by atoms with Crippen molar-refractivity contribution in [1.82, 2.24) is 4.98 Å². The maximum atomic E-state index is 13.4. The maximum Gasteiger partial charge on any atom is 0.433 e. The van der Waals surface area contributed by atoms with E-state index in [2.05, 4.69) is 4.98 Å². The molecule has 1 aromatic heterocycles. The SMILES string of the molecule is CCC(=O)N(c1ccccc1)[C@H]1C[C@@H](C)N(C(=O)c2ccc(C(F)(F)F)nc2)c2ccccc21. The number of hydrogen-bond donors (Lipinski definition) is 0. The van der Waals surface area contributed by atoms with Gasteiger partial charge >= 0.3 is 6.18 Å². The second kappa shape index (κ2) is 9.29. The quantitative estimate of drug-likeness (QED) is 0.471. The van der Waals surface area contributed by atoms with Gasteiger partial charge in [-0.05, 0) is 49.2 Å². The summed E-state index contributed by atoms with van der Waals surface area (Å²) in [6.07, 6.45) is -2.82. The van der Waals surface area contributed by atoms with Crippen LogP contribution < -0.4 is 9.80 Å². The molecule has 0 N–H and O–H groups in total. The number of anilines is 2. The number of carbonyl (C=O) groups excluding carboxylic acids is 2. The zero-order valence-electron chi connectivity index (χ0n) is 18.8. The largest absolute Gasteiger partial charge is 0.433 e. The first kappa shape index (κ1) is 23.5. The molecule has 0 saturated heterocycles. The summed E-state index contributed by atoms with van der Waals surface area (Å²) in [5.41, 5.74) is 1.22. The number of fused-ring (bicyclic) bond motifs is 1. The minimum Gasteiger partial charge on any atom is -0.305 e. The van der Waals surface area contributed by atoms with Crippen molar-refractivity contribution in [2.24, 2.45) is 0 Å². The fourth-order valence-electron chi connectivity index (χ4n) is 4.42. The molecule has 0 saturated carbocycles. The van der Waals surface area contributed by atoms with E-state index in [1.165, 1.54) is 0 Å². The number of hydrogen-bond acceptors (Lipinski definition) is 3. The van der Waals surface area contributed by atoms with Crippen LogP contribution in [0.3, 0.4) is 0 Å². The molecule has 2 heterocycles. The molecular weight excluding hydrogens is 443 g/mol. The molecule has 0 bridgehead atoms. The molecular formula is C26H24F3N3O2. The Kier molecular flexibility index (Phi) is 6.41. The Morgan fingerprint density at radius 1 is 1.03 bits per heavy atom. The summed E-state index contributed by atoms with van der Waals surface area (Å²) >= 11 is 0. The van der Waals surface area contributed by atoms with Crippen molar-refractivity contribution in [2.75, 3.05) is 9.80 Å². The molecule has 176 valence electrons. The van der Waals surface area contributed by atoms with Crippen molar-refractivity contribution in [3.05, 3.63) is 89.7 Å². The number of halogens is 3. The van der Waals surface area contributed by atoms with E-state index in [1.807, 2.05) is 56.3 Å². The number of alkyl halides is 3. The van der Waals surface area contributed by atoms with E-state index in [9.17, 15) is 22.8 Å². The minimum atomic E-state index is -4.58. The maximum absolute atomic E-state index is 13.4. The van der Waals surface area contributed by atoms with Gasteiger partial charge in [0.25, 0.3) is 5.91 Å². The summed E-state index contributed by atoms with van der Waals surface area (Å²) in [6.45, 7) is 3.68. The van der Waals surface area contributed by atoms with Crippen LogP contribution in [0.5, 0.6) is 0 Å². The van der Waals surface area contributed by atoms with E-state index < -0.39 is 17.8 Å². The molecule has 1 aliphatic heterocycles. The Morgan fingerprint density at radius 3 is 2.32 bits per heavy atom. The summed E-state index contributed by atoms with van der Waals surface area (Å²) < 4.78 is 38.7. The van der Waals surface area contributed by atoms with E-state index in [0.717, 1.165) is 29.6 Å². The van der Waals surface area contributed by atoms with E-state index in [1.54, 1.807) is 21.9 Å². The fraction of sp³-hybridized carbons (Fsp3) is 0.269. The van der Waals surface area contributed by atoms with E-state index >= 15 is 0 Å². The Morgan fingerprint density at radius 2 is 1.71 bits per heavy atom. The lowest BCUT2D eigenvalue weighted by molar-refractivity contribution is -0.141. The normalized spacial score (nSPS) is 17.7. The third-order valence-corrected chi connectivity index (χ3v) is 6.00. The zero-order valence-corrected chi connectivity index (χ0v) is 18.8. The molecule has 5 nitrogen and oxygen atoms in total. The van der Waals surface area contributed by atoms with Crippen molar-refractivity contribution < 1.29 is 22.8 Å². The highest BCUT2D eigenvalue weighted by molar-refractivity contribution is 6.07. The van der Waals surface area contributed by atoms with Gasteiger partial charge in [0.2, 0.25) is 5.91 Å². The highest BCUT2D eigenvalue weighted by Crippen LogP contribution is 2.43. The molecule has 0 unspecified atom stereocenters. The molecule has 34 heavy (non-hydrogen) atoms. The molecule has 0 radical (unpaired) electrons. The number of amides is 2. The van der Waals surface area contributed by atoms with E-state index in [4.69, 9.17) is 0 Å². The summed E-state index contributed by atoms with van der Waals surface area (Å²) in [5.74, 6) is -0.474. The summed E-state index contributed by atoms with van der Waals surface area (Å²) in [6, 6.07) is 18.1. The number of nitrogens with zero attached hydrogens (tertiary/aromatic N) is 3. The second-order valence-electron chi connectivity index (χ2n) is 8.22. The number of pyridine rings is 1. The van der Waals surface area contributed by atoms with Crippen LogP contribution in [0.2, 0.25) is 0 Å². The molecule has 2 atom stereocenters. The first-order valence-electron chi connectivity index (χ1n) is 11.0. The monoisotopic (exact) mass is 467 g/mol. The molecule has 4 rings (SSSR count). The fourth-order valence-corrected chi connectivity index (χ4v) is 4.42. The Balaban J connectivity index is 1.74. The van der Waals surface area contributed by atoms with Gasteiger partial charge in [0.1, 0.15) is 5.69 Å². The number of rotatable bonds is 4. The molecule has 0 fully saturated rings. The first-order chi connectivity index (χ1) is 16.2. The third kappa shape index (κ3) is 4.40. The summed E-state index contributed by atoms with van der Waals surface area (Å²) in [4.78, 5) is 33.2. The number of para-hydroxylation sites is 2. The topological polar surface area (TPSA) is 53.5 Å². The highest BCUT2D eigenvalue weighted by atomic mass is 19.4. The van der Waals surface area contributed by atoms with E-state index in [0.29, 0.717) is 18.5 Å². The summed E-state index contributed by atoms with van der Waals surface area (Å²) in [7, 11) is 0. The van der Waals surface area contributed by atoms with Crippen LogP contribution in [0.25, 0.3) is 0 Å². The molecule has 2 aromatic carbocycles. The van der Waals surface area contributed by atoms with Crippen molar-refractivity contribution in [1.29, 1.82) is 0 Å². The van der Waals surface area contributed by atoms with Crippen molar-refractivity contribution in [3.63, 3.8) is 0 Å². The van der Waals surface area contributed by atoms with Gasteiger partial charge in [0.15, 0.2) is 0 Å². The average molecular weight is 467 g/mol. The van der Waals surface area contributed by atoms with Crippen molar-refractivity contribution in [2.45, 2.75) is 44.9 Å². The predicted molar refractivity (Wildman–Crippen MR) is 124 cm³/mol. The molecule has 8 heteroatoms. The van der Waals surface area contributed by atoms with Crippen LogP contribution in [-0.2, 0) is 11.0 Å². The van der Waals surface area contributed by atoms with Gasteiger partial charge in [-0.15, -0.1) is 0 Å². The first-order valence-corrected chi connectivity index (χ1v) is 11.0. The standard InChI is InChI=1S/C26H24F3N3O2/c1-3-24(33)32(19-9-5-4-6-10-19)22-15-17(2)31(21-12-8-7-11-20(21)22)25(34)18-13-14-23(30-16-18)26(27,28)29/h4-14,16-17,22H,3,15H2,1-2H3/t17-,22+/m1/s1. The van der Waals surface area contributed by atoms with Gasteiger partial charge in [-0.25, -0.2) is 0 Å². The summed E-state index contributed by atoms with van der Waals surface area (Å²) in [5, 5.41) is 0. The highest BCUT2D eigenvalue weighted by Gasteiger charge is 2.39. The Labute approximate surface area is 195 Å². The van der Waals surface area contributed by atoms with Crippen LogP contribution >= 0.6 is 0 Å². The molecule has 0 aliphatic carbocycles. The number of aromatic nitrogens is 1. The predicted octanol–water partition coefficient (Wildman–Crippen LogP) is 6.02. The molecule has 3 aromatic rings. The van der Waals surface area contributed by atoms with Crippen LogP contribution in [0.4, 0.5) is 24.5 Å². The minimum absolute atomic E-state index is 0.0371. The Hall–Kier alpha value is -3.68. The van der Waals surface area contributed by atoms with Crippen LogP contribution in [0, 0.1) is 0 Å². The van der Waals surface area contributed by atoms with Gasteiger partial charge in [-0.3, -0.25) is 14.6 Å². The van der Waals surface area contributed by atoms with Gasteiger partial charge in [-0.2, -0.15) is 13.2 Å². The van der Waals surface area contributed by atoms with Crippen LogP contribution in [-0.4, -0.2) is 22.8 Å². The lowest BCUT2D eigenvalue weighted by Crippen LogP contribution is -2.47. The Bertz CT molecular complexity index is 1180. The smallest absolute Gasteiger partial charge is 0.305 e. The van der Waals surface area contributed by atoms with Gasteiger partial charge in [0.05, 0.1) is 11.6 Å².